The van der Waals surface area contributed by atoms with Crippen LogP contribution in [0.15, 0.2) is 117 Å². The zero-order valence-electron chi connectivity index (χ0n) is 25.8. The van der Waals surface area contributed by atoms with Crippen molar-refractivity contribution in [2.45, 2.75) is 26.8 Å². The Morgan fingerprint density at radius 1 is 0.864 bits per heavy atom. The lowest BCUT2D eigenvalue weighted by Crippen LogP contribution is -2.32. The largest absolute Gasteiger partial charge is 0.373 e. The van der Waals surface area contributed by atoms with Gasteiger partial charge >= 0.3 is 0 Å². The van der Waals surface area contributed by atoms with Crippen LogP contribution in [0.5, 0.6) is 0 Å². The lowest BCUT2D eigenvalue weighted by Gasteiger charge is -2.28. The summed E-state index contributed by atoms with van der Waals surface area (Å²) in [5, 5.41) is 1.93. The number of pyridine rings is 2. The fraction of sp³-hybridized carbons (Fsp3) is 0.128. The topological polar surface area (TPSA) is 54.8 Å². The molecule has 0 radical (unpaired) electrons. The van der Waals surface area contributed by atoms with Crippen LogP contribution in [-0.2, 0) is 0 Å². The van der Waals surface area contributed by atoms with Crippen molar-refractivity contribution in [1.82, 2.24) is 24.8 Å². The number of hydrogen-bond acceptors (Lipinski definition) is 5. The van der Waals surface area contributed by atoms with Gasteiger partial charge in [-0.25, -0.2) is 9.97 Å². The first kappa shape index (κ1) is 30.1. The first-order valence-corrected chi connectivity index (χ1v) is 14.6. The molecule has 3 aromatic heterocycles. The molecule has 0 saturated heterocycles. The van der Waals surface area contributed by atoms with E-state index in [0.717, 1.165) is 60.4 Å². The predicted molar refractivity (Wildman–Crippen MR) is 185 cm³/mol. The Balaban J connectivity index is 1.61. The van der Waals surface area contributed by atoms with Gasteiger partial charge in [-0.15, -0.1) is 0 Å². The predicted octanol–water partition coefficient (Wildman–Crippen LogP) is 6.92. The minimum Gasteiger partial charge on any atom is -0.373 e. The monoisotopic (exact) mass is 575 g/mol. The maximum atomic E-state index is 4.93. The van der Waals surface area contributed by atoms with E-state index in [4.69, 9.17) is 9.97 Å². The number of nitrogens with zero attached hydrogens (tertiary/aromatic N) is 5. The molecule has 44 heavy (non-hydrogen) atoms. The summed E-state index contributed by atoms with van der Waals surface area (Å²) in [6.45, 7) is 19.1. The average molecular weight is 576 g/mol. The summed E-state index contributed by atoms with van der Waals surface area (Å²) in [6, 6.07) is 20.4. The molecule has 1 atom stereocenters. The molecule has 0 fully saturated rings. The van der Waals surface area contributed by atoms with Gasteiger partial charge in [-0.1, -0.05) is 74.4 Å². The van der Waals surface area contributed by atoms with E-state index in [1.807, 2.05) is 48.7 Å². The Bertz CT molecular complexity index is 2020. The van der Waals surface area contributed by atoms with Crippen molar-refractivity contribution < 1.29 is 0 Å². The molecule has 5 nitrogen and oxygen atoms in total. The molecule has 0 amide bonds. The van der Waals surface area contributed by atoms with Crippen molar-refractivity contribution >= 4 is 40.5 Å². The molecular weight excluding hydrogens is 538 g/mol. The third-order valence-electron chi connectivity index (χ3n) is 8.09. The van der Waals surface area contributed by atoms with Crippen molar-refractivity contribution in [3.05, 3.63) is 161 Å². The van der Waals surface area contributed by atoms with Crippen LogP contribution >= 0.6 is 0 Å². The van der Waals surface area contributed by atoms with Gasteiger partial charge < -0.3 is 4.90 Å². The molecule has 2 aromatic carbocycles. The molecule has 0 aliphatic carbocycles. The van der Waals surface area contributed by atoms with Gasteiger partial charge in [0.15, 0.2) is 5.82 Å². The number of allylic oxidation sites excluding steroid dienone is 4. The van der Waals surface area contributed by atoms with Crippen molar-refractivity contribution in [3.8, 4) is 0 Å². The zero-order chi connectivity index (χ0) is 31.2. The van der Waals surface area contributed by atoms with Gasteiger partial charge in [0.05, 0.1) is 17.8 Å². The lowest BCUT2D eigenvalue weighted by atomic mass is 9.87. The third kappa shape index (κ3) is 6.32. The van der Waals surface area contributed by atoms with Crippen LogP contribution in [0.2, 0.25) is 0 Å². The van der Waals surface area contributed by atoms with Crippen LogP contribution in [0, 0.1) is 13.8 Å². The van der Waals surface area contributed by atoms with Crippen molar-refractivity contribution in [2.75, 3.05) is 7.05 Å². The minimum atomic E-state index is 0.0562. The highest BCUT2D eigenvalue weighted by molar-refractivity contribution is 5.91. The summed E-state index contributed by atoms with van der Waals surface area (Å²) in [6.07, 6.45) is 15.3. The fourth-order valence-corrected chi connectivity index (χ4v) is 5.28. The summed E-state index contributed by atoms with van der Waals surface area (Å²) in [4.78, 5) is 20.6. The molecule has 1 unspecified atom stereocenters. The Morgan fingerprint density at radius 3 is 2.36 bits per heavy atom. The highest BCUT2D eigenvalue weighted by atomic mass is 15.1. The Labute approximate surface area is 259 Å². The first-order chi connectivity index (χ1) is 21.3. The van der Waals surface area contributed by atoms with Crippen LogP contribution in [0.3, 0.4) is 0 Å². The standard InChI is InChI=1S/C39H37N5/c1-8-13-35(30(6)44(7)25-32-23-40-21-19-26(32)2)33-17-18-34(29(5)28(33)4)36(22-27(3)31-14-10-9-11-15-31)39-42-24-38-37(43-39)16-12-20-41-38/h8-25,30H,1-3H2,4-7H3/b32-25-,35-13-,36-22+. The SMILES string of the molecule is C=C/C=C(\c1ccc(/C(=C\C(=C)c2ccccc2)c2ncc3ncccc3n2)c(C)c1C)C(C)N(C)/C=c1/cnccc1=C. The van der Waals surface area contributed by atoms with Crippen LogP contribution in [0.1, 0.15) is 40.6 Å². The maximum absolute atomic E-state index is 4.93. The second-order valence-electron chi connectivity index (χ2n) is 10.9. The molecule has 0 saturated carbocycles. The number of fused-ring (bicyclic) bond motifs is 1. The second-order valence-corrected chi connectivity index (χ2v) is 10.9. The summed E-state index contributed by atoms with van der Waals surface area (Å²) in [5.74, 6) is 0.628. The maximum Gasteiger partial charge on any atom is 0.160 e. The van der Waals surface area contributed by atoms with E-state index in [2.05, 4.69) is 105 Å². The lowest BCUT2D eigenvalue weighted by molar-refractivity contribution is 0.454. The van der Waals surface area contributed by atoms with Crippen LogP contribution in [0.25, 0.3) is 40.5 Å². The van der Waals surface area contributed by atoms with E-state index >= 15 is 0 Å². The number of aromatic nitrogens is 4. The Hall–Kier alpha value is -5.42. The van der Waals surface area contributed by atoms with Gasteiger partial charge in [-0.05, 0) is 89.2 Å². The summed E-state index contributed by atoms with van der Waals surface area (Å²) in [5.41, 5.74) is 10.1. The summed E-state index contributed by atoms with van der Waals surface area (Å²) >= 11 is 0. The molecule has 5 heteroatoms. The molecule has 5 aromatic rings. The van der Waals surface area contributed by atoms with Crippen molar-refractivity contribution in [2.24, 2.45) is 0 Å². The van der Waals surface area contributed by atoms with Gasteiger partial charge in [0.2, 0.25) is 0 Å². The third-order valence-corrected chi connectivity index (χ3v) is 8.09. The molecule has 0 bridgehead atoms. The summed E-state index contributed by atoms with van der Waals surface area (Å²) in [7, 11) is 2.08. The van der Waals surface area contributed by atoms with E-state index in [9.17, 15) is 0 Å². The number of likely N-dealkylation sites (N-methyl/N-ethyl adjacent to an activating group) is 1. The smallest absolute Gasteiger partial charge is 0.160 e. The Kier molecular flexibility index (Phi) is 9.06. The van der Waals surface area contributed by atoms with Gasteiger partial charge in [0, 0.05) is 42.6 Å². The molecule has 0 aliphatic rings. The molecule has 3 heterocycles. The highest BCUT2D eigenvalue weighted by Crippen LogP contribution is 2.34. The minimum absolute atomic E-state index is 0.0562. The number of rotatable bonds is 9. The number of benzene rings is 2. The van der Waals surface area contributed by atoms with E-state index in [-0.39, 0.29) is 6.04 Å². The van der Waals surface area contributed by atoms with E-state index in [1.54, 1.807) is 18.6 Å². The average Bonchev–Trinajstić information content (AvgIpc) is 3.05. The summed E-state index contributed by atoms with van der Waals surface area (Å²) < 4.78 is 0. The van der Waals surface area contributed by atoms with E-state index in [0.29, 0.717) is 5.82 Å². The fourth-order valence-electron chi connectivity index (χ4n) is 5.28. The normalized spacial score (nSPS) is 13.1. The van der Waals surface area contributed by atoms with E-state index < -0.39 is 0 Å². The van der Waals surface area contributed by atoms with Crippen molar-refractivity contribution in [1.29, 1.82) is 0 Å². The van der Waals surface area contributed by atoms with Crippen LogP contribution < -0.4 is 10.4 Å². The van der Waals surface area contributed by atoms with Gasteiger partial charge in [-0.3, -0.25) is 9.97 Å². The highest BCUT2D eigenvalue weighted by Gasteiger charge is 2.20. The molecule has 218 valence electrons. The molecule has 0 N–H and O–H groups in total. The van der Waals surface area contributed by atoms with E-state index in [1.165, 1.54) is 5.56 Å². The first-order valence-electron chi connectivity index (χ1n) is 14.6. The van der Waals surface area contributed by atoms with Gasteiger partial charge in [-0.2, -0.15) is 0 Å². The molecular formula is C39H37N5. The van der Waals surface area contributed by atoms with Gasteiger partial charge in [0.25, 0.3) is 0 Å². The van der Waals surface area contributed by atoms with Crippen molar-refractivity contribution in [3.63, 3.8) is 0 Å². The van der Waals surface area contributed by atoms with Crippen LogP contribution in [-0.4, -0.2) is 37.9 Å². The zero-order valence-corrected chi connectivity index (χ0v) is 25.8. The number of hydrogen-bond donors (Lipinski definition) is 0. The Morgan fingerprint density at radius 2 is 1.61 bits per heavy atom. The second kappa shape index (κ2) is 13.3. The van der Waals surface area contributed by atoms with Gasteiger partial charge in [0.1, 0.15) is 5.52 Å². The van der Waals surface area contributed by atoms with Crippen LogP contribution in [0.4, 0.5) is 0 Å². The molecule has 5 rings (SSSR count). The quantitative estimate of drug-likeness (QED) is 0.179. The molecule has 0 aliphatic heterocycles. The molecule has 0 spiro atoms.